The van der Waals surface area contributed by atoms with Gasteiger partial charge in [0.05, 0.1) is 20.0 Å². The summed E-state index contributed by atoms with van der Waals surface area (Å²) in [4.78, 5) is 20.8. The number of aryl methyl sites for hydroxylation is 3. The Hall–Kier alpha value is -2.28. The zero-order valence-corrected chi connectivity index (χ0v) is 15.3. The average Bonchev–Trinajstić information content (AvgIpc) is 2.53. The quantitative estimate of drug-likeness (QED) is 0.639. The van der Waals surface area contributed by atoms with Crippen molar-refractivity contribution in [3.8, 4) is 11.5 Å². The number of carbonyl (C=O) groups excluding carboxylic acids is 1. The Morgan fingerprint density at radius 3 is 2.21 bits per heavy atom. The number of carbonyl (C=O) groups is 1. The molecule has 1 amide bonds. The summed E-state index contributed by atoms with van der Waals surface area (Å²) in [6.07, 6.45) is 0. The molecule has 24 heavy (non-hydrogen) atoms. The number of rotatable bonds is 6. The van der Waals surface area contributed by atoms with E-state index in [0.717, 1.165) is 17.0 Å². The first kappa shape index (κ1) is 18.1. The maximum absolute atomic E-state index is 12.2. The molecule has 0 fully saturated rings. The van der Waals surface area contributed by atoms with Crippen molar-refractivity contribution in [2.45, 2.75) is 25.9 Å². The first-order chi connectivity index (χ1) is 11.4. The molecule has 6 nitrogen and oxygen atoms in total. The molecule has 128 valence electrons. The van der Waals surface area contributed by atoms with Crippen molar-refractivity contribution in [2.24, 2.45) is 0 Å². The fraction of sp³-hybridized carbons (Fsp3) is 0.353. The molecule has 1 heterocycles. The smallest absolute Gasteiger partial charge is 0.234 e. The molecule has 0 aliphatic carbocycles. The number of aromatic nitrogens is 2. The van der Waals surface area contributed by atoms with Gasteiger partial charge in [-0.2, -0.15) is 0 Å². The fourth-order valence-electron chi connectivity index (χ4n) is 2.19. The number of benzene rings is 1. The van der Waals surface area contributed by atoms with E-state index in [-0.39, 0.29) is 11.7 Å². The lowest BCUT2D eigenvalue weighted by Crippen LogP contribution is -2.15. The second-order valence-corrected chi connectivity index (χ2v) is 6.23. The standard InChI is InChI=1S/C17H21N3O3S/c1-10-6-14(22-4)15(23-5)8-13(10)20-16(21)9-24-17-18-11(2)7-12(3)19-17/h6-8H,9H2,1-5H3,(H,20,21). The maximum atomic E-state index is 12.2. The molecule has 0 aliphatic rings. The topological polar surface area (TPSA) is 73.3 Å². The number of nitrogens with zero attached hydrogens (tertiary/aromatic N) is 2. The van der Waals surface area contributed by atoms with E-state index in [9.17, 15) is 4.79 Å². The summed E-state index contributed by atoms with van der Waals surface area (Å²) < 4.78 is 10.5. The number of ether oxygens (including phenoxy) is 2. The minimum absolute atomic E-state index is 0.127. The van der Waals surface area contributed by atoms with Crippen LogP contribution in [-0.4, -0.2) is 35.8 Å². The van der Waals surface area contributed by atoms with Crippen molar-refractivity contribution < 1.29 is 14.3 Å². The van der Waals surface area contributed by atoms with Crippen LogP contribution in [-0.2, 0) is 4.79 Å². The zero-order chi connectivity index (χ0) is 17.7. The normalized spacial score (nSPS) is 10.4. The van der Waals surface area contributed by atoms with Crippen LogP contribution in [0.2, 0.25) is 0 Å². The Morgan fingerprint density at radius 1 is 1.04 bits per heavy atom. The van der Waals surface area contributed by atoms with E-state index in [0.29, 0.717) is 22.3 Å². The van der Waals surface area contributed by atoms with E-state index in [4.69, 9.17) is 9.47 Å². The summed E-state index contributed by atoms with van der Waals surface area (Å²) in [5.41, 5.74) is 3.37. The van der Waals surface area contributed by atoms with Gasteiger partial charge in [0.2, 0.25) is 5.91 Å². The summed E-state index contributed by atoms with van der Waals surface area (Å²) in [5, 5.41) is 3.49. The van der Waals surface area contributed by atoms with Crippen LogP contribution in [0, 0.1) is 20.8 Å². The highest BCUT2D eigenvalue weighted by Crippen LogP contribution is 2.33. The summed E-state index contributed by atoms with van der Waals surface area (Å²) in [5.74, 6) is 1.31. The second-order valence-electron chi connectivity index (χ2n) is 5.29. The minimum atomic E-state index is -0.127. The first-order valence-corrected chi connectivity index (χ1v) is 8.39. The highest BCUT2D eigenvalue weighted by molar-refractivity contribution is 7.99. The third-order valence-electron chi connectivity index (χ3n) is 3.30. The van der Waals surface area contributed by atoms with Crippen molar-refractivity contribution in [2.75, 3.05) is 25.3 Å². The van der Waals surface area contributed by atoms with Gasteiger partial charge < -0.3 is 14.8 Å². The minimum Gasteiger partial charge on any atom is -0.493 e. The predicted molar refractivity (Wildman–Crippen MR) is 95.1 cm³/mol. The van der Waals surface area contributed by atoms with Gasteiger partial charge in [-0.25, -0.2) is 9.97 Å². The molecule has 0 radical (unpaired) electrons. The molecule has 0 saturated carbocycles. The molecule has 0 saturated heterocycles. The fourth-order valence-corrected chi connectivity index (χ4v) is 2.94. The van der Waals surface area contributed by atoms with Gasteiger partial charge in [-0.05, 0) is 38.5 Å². The highest BCUT2D eigenvalue weighted by atomic mass is 32.2. The van der Waals surface area contributed by atoms with Crippen molar-refractivity contribution in [1.82, 2.24) is 9.97 Å². The van der Waals surface area contributed by atoms with Crippen LogP contribution in [0.5, 0.6) is 11.5 Å². The maximum Gasteiger partial charge on any atom is 0.234 e. The lowest BCUT2D eigenvalue weighted by molar-refractivity contribution is -0.113. The number of hydrogen-bond acceptors (Lipinski definition) is 6. The van der Waals surface area contributed by atoms with Crippen molar-refractivity contribution in [3.05, 3.63) is 35.2 Å². The zero-order valence-electron chi connectivity index (χ0n) is 14.5. The third-order valence-corrected chi connectivity index (χ3v) is 4.15. The molecule has 1 aromatic heterocycles. The lowest BCUT2D eigenvalue weighted by atomic mass is 10.1. The largest absolute Gasteiger partial charge is 0.493 e. The van der Waals surface area contributed by atoms with E-state index >= 15 is 0 Å². The van der Waals surface area contributed by atoms with E-state index in [1.165, 1.54) is 11.8 Å². The van der Waals surface area contributed by atoms with Crippen LogP contribution in [0.15, 0.2) is 23.4 Å². The molecule has 0 bridgehead atoms. The first-order valence-electron chi connectivity index (χ1n) is 7.40. The van der Waals surface area contributed by atoms with Gasteiger partial charge in [-0.15, -0.1) is 0 Å². The highest BCUT2D eigenvalue weighted by Gasteiger charge is 2.12. The van der Waals surface area contributed by atoms with Crippen LogP contribution in [0.1, 0.15) is 17.0 Å². The predicted octanol–water partition coefficient (Wildman–Crippen LogP) is 3.15. The van der Waals surface area contributed by atoms with Crippen molar-refractivity contribution in [3.63, 3.8) is 0 Å². The monoisotopic (exact) mass is 347 g/mol. The summed E-state index contributed by atoms with van der Waals surface area (Å²) in [6.45, 7) is 5.72. The Balaban J connectivity index is 2.04. The summed E-state index contributed by atoms with van der Waals surface area (Å²) in [7, 11) is 3.14. The second kappa shape index (κ2) is 8.01. The van der Waals surface area contributed by atoms with Gasteiger partial charge in [0.1, 0.15) is 0 Å². The Kier molecular flexibility index (Phi) is 6.03. The molecule has 2 rings (SSSR count). The van der Waals surface area contributed by atoms with Gasteiger partial charge >= 0.3 is 0 Å². The van der Waals surface area contributed by atoms with Crippen LogP contribution < -0.4 is 14.8 Å². The van der Waals surface area contributed by atoms with Crippen LogP contribution in [0.3, 0.4) is 0 Å². The SMILES string of the molecule is COc1cc(C)c(NC(=O)CSc2nc(C)cc(C)n2)cc1OC. The number of methoxy groups -OCH3 is 2. The molecule has 0 spiro atoms. The number of amides is 1. The van der Waals surface area contributed by atoms with E-state index in [2.05, 4.69) is 15.3 Å². The van der Waals surface area contributed by atoms with Crippen LogP contribution in [0.4, 0.5) is 5.69 Å². The average molecular weight is 347 g/mol. The molecule has 2 aromatic rings. The summed E-state index contributed by atoms with van der Waals surface area (Å²) in [6, 6.07) is 5.48. The van der Waals surface area contributed by atoms with Gasteiger partial charge in [0.15, 0.2) is 16.7 Å². The van der Waals surface area contributed by atoms with E-state index < -0.39 is 0 Å². The van der Waals surface area contributed by atoms with Crippen LogP contribution >= 0.6 is 11.8 Å². The number of anilines is 1. The number of nitrogens with one attached hydrogen (secondary N) is 1. The molecule has 0 atom stereocenters. The van der Waals surface area contributed by atoms with Gasteiger partial charge in [-0.1, -0.05) is 11.8 Å². The Morgan fingerprint density at radius 2 is 1.62 bits per heavy atom. The van der Waals surface area contributed by atoms with Crippen molar-refractivity contribution in [1.29, 1.82) is 0 Å². The van der Waals surface area contributed by atoms with Gasteiger partial charge in [-0.3, -0.25) is 4.79 Å². The molecule has 1 N–H and O–H groups in total. The molecular formula is C17H21N3O3S. The lowest BCUT2D eigenvalue weighted by Gasteiger charge is -2.13. The number of thioether (sulfide) groups is 1. The molecule has 7 heteroatoms. The Bertz CT molecular complexity index is 730. The molecule has 0 unspecified atom stereocenters. The third kappa shape index (κ3) is 4.61. The van der Waals surface area contributed by atoms with Crippen LogP contribution in [0.25, 0.3) is 0 Å². The molecule has 1 aromatic carbocycles. The Labute approximate surface area is 146 Å². The summed E-state index contributed by atoms with van der Waals surface area (Å²) >= 11 is 1.31. The number of hydrogen-bond donors (Lipinski definition) is 1. The van der Waals surface area contributed by atoms with E-state index in [1.54, 1.807) is 20.3 Å². The van der Waals surface area contributed by atoms with Gasteiger partial charge in [0.25, 0.3) is 0 Å². The molecule has 0 aliphatic heterocycles. The van der Waals surface area contributed by atoms with E-state index in [1.807, 2.05) is 32.9 Å². The molecular weight excluding hydrogens is 326 g/mol. The van der Waals surface area contributed by atoms with Crippen molar-refractivity contribution >= 4 is 23.4 Å². The van der Waals surface area contributed by atoms with Gasteiger partial charge in [0, 0.05) is 23.1 Å².